The second-order valence-electron chi connectivity index (χ2n) is 3.18. The first-order valence-electron chi connectivity index (χ1n) is 4.23. The van der Waals surface area contributed by atoms with E-state index in [-0.39, 0.29) is 11.5 Å². The third-order valence-electron chi connectivity index (χ3n) is 2.13. The Morgan fingerprint density at radius 2 is 2.07 bits per heavy atom. The molecule has 1 aromatic rings. The maximum Gasteiger partial charge on any atom is 0.187 e. The lowest BCUT2D eigenvalue weighted by Gasteiger charge is -2.25. The maximum absolute atomic E-state index is 11.2. The van der Waals surface area contributed by atoms with Crippen molar-refractivity contribution in [3.8, 4) is 0 Å². The molecule has 2 rings (SSSR count). The lowest BCUT2D eigenvalue weighted by molar-refractivity contribution is 0.586. The number of nitrogens with zero attached hydrogens (tertiary/aromatic N) is 2. The van der Waals surface area contributed by atoms with Gasteiger partial charge >= 0.3 is 0 Å². The van der Waals surface area contributed by atoms with Crippen molar-refractivity contribution >= 4 is 31.3 Å². The minimum absolute atomic E-state index is 0.215. The molecule has 0 saturated carbocycles. The molecule has 14 heavy (non-hydrogen) atoms. The Labute approximate surface area is 86.5 Å². The van der Waals surface area contributed by atoms with Gasteiger partial charge in [-0.05, 0) is 0 Å². The van der Waals surface area contributed by atoms with E-state index in [1.165, 1.54) is 11.3 Å². The van der Waals surface area contributed by atoms with Gasteiger partial charge in [-0.2, -0.15) is 0 Å². The monoisotopic (exact) mass is 233 g/mol. The van der Waals surface area contributed by atoms with E-state index >= 15 is 0 Å². The van der Waals surface area contributed by atoms with Crippen molar-refractivity contribution in [3.05, 3.63) is 6.20 Å². The third-order valence-corrected chi connectivity index (χ3v) is 4.62. The van der Waals surface area contributed by atoms with Crippen LogP contribution in [0.4, 0.5) is 10.1 Å². The van der Waals surface area contributed by atoms with Crippen molar-refractivity contribution < 1.29 is 8.42 Å². The molecule has 0 bridgehead atoms. The lowest BCUT2D eigenvalue weighted by Crippen LogP contribution is -2.40. The molecule has 0 unspecified atom stereocenters. The SMILES string of the molecule is Nc1cnc(N2CCS(=O)(=O)CC2)s1. The molecule has 5 nitrogen and oxygen atoms in total. The summed E-state index contributed by atoms with van der Waals surface area (Å²) in [7, 11) is -2.81. The van der Waals surface area contributed by atoms with Crippen LogP contribution in [0, 0.1) is 0 Å². The van der Waals surface area contributed by atoms with Crippen molar-refractivity contribution in [3.63, 3.8) is 0 Å². The molecule has 78 valence electrons. The molecule has 0 radical (unpaired) electrons. The van der Waals surface area contributed by atoms with Crippen LogP contribution in [0.3, 0.4) is 0 Å². The summed E-state index contributed by atoms with van der Waals surface area (Å²) >= 11 is 1.39. The molecule has 1 fully saturated rings. The van der Waals surface area contributed by atoms with Crippen LogP contribution in [0.2, 0.25) is 0 Å². The molecule has 1 aliphatic heterocycles. The molecule has 0 aliphatic carbocycles. The highest BCUT2D eigenvalue weighted by Gasteiger charge is 2.23. The maximum atomic E-state index is 11.2. The zero-order valence-corrected chi connectivity index (χ0v) is 9.14. The Hall–Kier alpha value is -0.820. The van der Waals surface area contributed by atoms with Gasteiger partial charge in [0.1, 0.15) is 5.00 Å². The fraction of sp³-hybridized carbons (Fsp3) is 0.571. The van der Waals surface area contributed by atoms with E-state index in [0.29, 0.717) is 18.1 Å². The Bertz CT molecular complexity index is 412. The zero-order chi connectivity index (χ0) is 10.2. The number of thiazole rings is 1. The molecule has 0 amide bonds. The van der Waals surface area contributed by atoms with Crippen LogP contribution < -0.4 is 10.6 Å². The highest BCUT2D eigenvalue weighted by molar-refractivity contribution is 7.91. The molecule has 0 spiro atoms. The normalized spacial score (nSPS) is 21.0. The number of nitrogens with two attached hydrogens (primary N) is 1. The molecular formula is C7H11N3O2S2. The van der Waals surface area contributed by atoms with E-state index in [4.69, 9.17) is 5.73 Å². The van der Waals surface area contributed by atoms with E-state index in [1.807, 2.05) is 4.90 Å². The molecule has 2 N–H and O–H groups in total. The summed E-state index contributed by atoms with van der Waals surface area (Å²) in [6, 6.07) is 0. The van der Waals surface area contributed by atoms with Gasteiger partial charge in [0, 0.05) is 13.1 Å². The molecule has 0 aromatic carbocycles. The van der Waals surface area contributed by atoms with Crippen molar-refractivity contribution in [1.82, 2.24) is 4.98 Å². The van der Waals surface area contributed by atoms with Crippen LogP contribution in [0.5, 0.6) is 0 Å². The van der Waals surface area contributed by atoms with Gasteiger partial charge in [-0.1, -0.05) is 11.3 Å². The number of rotatable bonds is 1. The van der Waals surface area contributed by atoms with Crippen LogP contribution in [0.15, 0.2) is 6.20 Å². The summed E-state index contributed by atoms with van der Waals surface area (Å²) < 4.78 is 22.3. The topological polar surface area (TPSA) is 76.3 Å². The minimum atomic E-state index is -2.81. The summed E-state index contributed by atoms with van der Waals surface area (Å²) in [5.41, 5.74) is 5.55. The fourth-order valence-electron chi connectivity index (χ4n) is 1.33. The van der Waals surface area contributed by atoms with Gasteiger partial charge in [-0.3, -0.25) is 0 Å². The van der Waals surface area contributed by atoms with E-state index in [0.717, 1.165) is 5.13 Å². The van der Waals surface area contributed by atoms with Gasteiger partial charge in [0.2, 0.25) is 0 Å². The summed E-state index contributed by atoms with van der Waals surface area (Å²) in [6.45, 7) is 1.05. The Morgan fingerprint density at radius 1 is 1.43 bits per heavy atom. The minimum Gasteiger partial charge on any atom is -0.389 e. The Morgan fingerprint density at radius 3 is 2.57 bits per heavy atom. The fourth-order valence-corrected chi connectivity index (χ4v) is 3.26. The summed E-state index contributed by atoms with van der Waals surface area (Å²) in [6.07, 6.45) is 1.60. The summed E-state index contributed by atoms with van der Waals surface area (Å²) in [5.74, 6) is 0.430. The lowest BCUT2D eigenvalue weighted by atomic mass is 10.5. The molecule has 7 heteroatoms. The molecule has 1 saturated heterocycles. The van der Waals surface area contributed by atoms with Gasteiger partial charge < -0.3 is 10.6 Å². The first kappa shape index (κ1) is 9.72. The summed E-state index contributed by atoms with van der Waals surface area (Å²) in [4.78, 5) is 6.07. The van der Waals surface area contributed by atoms with E-state index in [1.54, 1.807) is 6.20 Å². The number of anilines is 2. The molecular weight excluding hydrogens is 222 g/mol. The summed E-state index contributed by atoms with van der Waals surface area (Å²) in [5, 5.41) is 1.48. The first-order chi connectivity index (χ1) is 6.57. The molecule has 1 aromatic heterocycles. The number of sulfone groups is 1. The first-order valence-corrected chi connectivity index (χ1v) is 6.87. The number of nitrogen functional groups attached to an aromatic ring is 1. The molecule has 2 heterocycles. The Kier molecular flexibility index (Phi) is 2.36. The van der Waals surface area contributed by atoms with Gasteiger partial charge in [-0.25, -0.2) is 13.4 Å². The van der Waals surface area contributed by atoms with Gasteiger partial charge in [0.25, 0.3) is 0 Å². The van der Waals surface area contributed by atoms with Gasteiger partial charge in [0.15, 0.2) is 15.0 Å². The standard InChI is InChI=1S/C7H11N3O2S2/c8-6-5-9-7(13-6)10-1-3-14(11,12)4-2-10/h5H,1-4,8H2. The molecule has 0 atom stereocenters. The van der Waals surface area contributed by atoms with Crippen LogP contribution in [0.1, 0.15) is 0 Å². The number of hydrogen-bond acceptors (Lipinski definition) is 6. The predicted octanol–water partition coefficient (Wildman–Crippen LogP) is -0.0399. The highest BCUT2D eigenvalue weighted by Crippen LogP contribution is 2.25. The van der Waals surface area contributed by atoms with Crippen LogP contribution in [-0.2, 0) is 9.84 Å². The van der Waals surface area contributed by atoms with Crippen molar-refractivity contribution in [2.24, 2.45) is 0 Å². The highest BCUT2D eigenvalue weighted by atomic mass is 32.2. The Balaban J connectivity index is 2.09. The van der Waals surface area contributed by atoms with Crippen molar-refractivity contribution in [2.45, 2.75) is 0 Å². The smallest absolute Gasteiger partial charge is 0.187 e. The molecule has 1 aliphatic rings. The largest absolute Gasteiger partial charge is 0.389 e. The zero-order valence-electron chi connectivity index (χ0n) is 7.51. The van der Waals surface area contributed by atoms with Crippen LogP contribution >= 0.6 is 11.3 Å². The van der Waals surface area contributed by atoms with E-state index in [2.05, 4.69) is 4.98 Å². The number of aromatic nitrogens is 1. The second-order valence-corrected chi connectivity index (χ2v) is 6.53. The predicted molar refractivity (Wildman–Crippen MR) is 57.4 cm³/mol. The quantitative estimate of drug-likeness (QED) is 0.736. The van der Waals surface area contributed by atoms with Crippen LogP contribution in [-0.4, -0.2) is 38.0 Å². The second kappa shape index (κ2) is 3.39. The average Bonchev–Trinajstić information content (AvgIpc) is 2.52. The van der Waals surface area contributed by atoms with Crippen molar-refractivity contribution in [1.29, 1.82) is 0 Å². The van der Waals surface area contributed by atoms with Gasteiger partial charge in [0.05, 0.1) is 17.7 Å². The number of hydrogen-bond donors (Lipinski definition) is 1. The van der Waals surface area contributed by atoms with Gasteiger partial charge in [-0.15, -0.1) is 0 Å². The average molecular weight is 233 g/mol. The van der Waals surface area contributed by atoms with E-state index in [9.17, 15) is 8.42 Å². The van der Waals surface area contributed by atoms with Crippen LogP contribution in [0.25, 0.3) is 0 Å². The third kappa shape index (κ3) is 1.98. The van der Waals surface area contributed by atoms with E-state index < -0.39 is 9.84 Å². The van der Waals surface area contributed by atoms with Crippen molar-refractivity contribution in [2.75, 3.05) is 35.2 Å².